The van der Waals surface area contributed by atoms with Gasteiger partial charge in [-0.1, -0.05) is 0 Å². The van der Waals surface area contributed by atoms with Crippen LogP contribution in [0.2, 0.25) is 0 Å². The summed E-state index contributed by atoms with van der Waals surface area (Å²) in [6.07, 6.45) is -0.626. The van der Waals surface area contributed by atoms with Gasteiger partial charge in [0.15, 0.2) is 0 Å². The molecule has 0 spiro atoms. The second kappa shape index (κ2) is 7.29. The second-order valence-corrected chi connectivity index (χ2v) is 7.64. The first-order valence-corrected chi connectivity index (χ1v) is 9.83. The predicted molar refractivity (Wildman–Crippen MR) is 109 cm³/mol. The molecule has 1 amide bonds. The fourth-order valence-corrected chi connectivity index (χ4v) is 3.96. The fourth-order valence-electron chi connectivity index (χ4n) is 3.96. The van der Waals surface area contributed by atoms with Crippen LogP contribution in [0.1, 0.15) is 34.1 Å². The van der Waals surface area contributed by atoms with Crippen LogP contribution < -0.4 is 10.5 Å². The standard InChI is InChI=1S/C21H16F4N6O2/c1-30(14-2-3-33-17-4-10(21(23,24)25)7-28-18(14)17)20(32)11-5-15-13(6-12(11)22)29-19(26)16-8-27-9-31(15)16/h4-9,14H,2-3H2,1H3,(H2,26,29). The first kappa shape index (κ1) is 20.9. The quantitative estimate of drug-likeness (QED) is 0.459. The summed E-state index contributed by atoms with van der Waals surface area (Å²) >= 11 is 0. The van der Waals surface area contributed by atoms with E-state index in [0.717, 1.165) is 12.1 Å². The monoisotopic (exact) mass is 460 g/mol. The molecule has 0 radical (unpaired) electrons. The number of pyridine rings is 1. The highest BCUT2D eigenvalue weighted by Crippen LogP contribution is 2.38. The van der Waals surface area contributed by atoms with E-state index >= 15 is 0 Å². The highest BCUT2D eigenvalue weighted by atomic mass is 19.4. The Hall–Kier alpha value is -3.96. The molecule has 170 valence electrons. The van der Waals surface area contributed by atoms with Gasteiger partial charge in [0, 0.05) is 25.7 Å². The molecule has 8 nitrogen and oxygen atoms in total. The summed E-state index contributed by atoms with van der Waals surface area (Å²) in [5.74, 6) is -1.37. The molecule has 1 unspecified atom stereocenters. The minimum Gasteiger partial charge on any atom is -0.491 e. The van der Waals surface area contributed by atoms with Gasteiger partial charge in [-0.3, -0.25) is 14.2 Å². The molecular formula is C21H16F4N6O2. The number of rotatable bonds is 2. The van der Waals surface area contributed by atoms with Crippen LogP contribution in [0.5, 0.6) is 5.75 Å². The maximum absolute atomic E-state index is 14.9. The number of nitrogens with two attached hydrogens (primary N) is 1. The molecule has 1 aromatic carbocycles. The summed E-state index contributed by atoms with van der Waals surface area (Å²) < 4.78 is 60.9. The molecule has 0 fully saturated rings. The lowest BCUT2D eigenvalue weighted by Crippen LogP contribution is -2.35. The summed E-state index contributed by atoms with van der Waals surface area (Å²) in [5.41, 5.74) is 6.05. The lowest BCUT2D eigenvalue weighted by molar-refractivity contribution is -0.138. The van der Waals surface area contributed by atoms with Gasteiger partial charge in [-0.25, -0.2) is 14.4 Å². The Morgan fingerprint density at radius 3 is 2.79 bits per heavy atom. The van der Waals surface area contributed by atoms with Crippen molar-refractivity contribution in [3.8, 4) is 5.75 Å². The zero-order valence-corrected chi connectivity index (χ0v) is 17.1. The van der Waals surface area contributed by atoms with E-state index in [1.165, 1.54) is 30.5 Å². The fraction of sp³-hybridized carbons (Fsp3) is 0.238. The third-order valence-corrected chi connectivity index (χ3v) is 5.66. The molecule has 5 rings (SSSR count). The number of anilines is 1. The topological polar surface area (TPSA) is 98.6 Å². The van der Waals surface area contributed by atoms with E-state index < -0.39 is 29.5 Å². The van der Waals surface area contributed by atoms with Gasteiger partial charge in [-0.2, -0.15) is 13.2 Å². The van der Waals surface area contributed by atoms with Crippen molar-refractivity contribution >= 4 is 28.3 Å². The van der Waals surface area contributed by atoms with Crippen LogP contribution >= 0.6 is 0 Å². The third kappa shape index (κ3) is 3.38. The molecule has 4 aromatic rings. The van der Waals surface area contributed by atoms with Gasteiger partial charge in [0.05, 0.1) is 47.3 Å². The van der Waals surface area contributed by atoms with E-state index in [9.17, 15) is 22.4 Å². The smallest absolute Gasteiger partial charge is 0.418 e. The van der Waals surface area contributed by atoms with Crippen LogP contribution in [0.25, 0.3) is 16.6 Å². The summed E-state index contributed by atoms with van der Waals surface area (Å²) in [4.78, 5) is 26.6. The van der Waals surface area contributed by atoms with Crippen molar-refractivity contribution in [2.45, 2.75) is 18.6 Å². The third-order valence-electron chi connectivity index (χ3n) is 5.66. The van der Waals surface area contributed by atoms with Gasteiger partial charge in [0.25, 0.3) is 5.91 Å². The zero-order valence-electron chi connectivity index (χ0n) is 17.1. The van der Waals surface area contributed by atoms with Crippen molar-refractivity contribution in [1.82, 2.24) is 24.3 Å². The normalized spacial score (nSPS) is 16.0. The van der Waals surface area contributed by atoms with Gasteiger partial charge in [-0.05, 0) is 12.1 Å². The van der Waals surface area contributed by atoms with Gasteiger partial charge in [0.2, 0.25) is 0 Å². The number of benzene rings is 1. The average Bonchev–Trinajstić information content (AvgIpc) is 3.27. The molecular weight excluding hydrogens is 444 g/mol. The van der Waals surface area contributed by atoms with Crippen LogP contribution in [-0.4, -0.2) is 43.8 Å². The Bertz CT molecular complexity index is 1420. The number of halogens is 4. The number of nitrogens with zero attached hydrogens (tertiary/aromatic N) is 5. The van der Waals surface area contributed by atoms with Crippen molar-refractivity contribution < 1.29 is 27.1 Å². The largest absolute Gasteiger partial charge is 0.491 e. The Morgan fingerprint density at radius 2 is 2.03 bits per heavy atom. The van der Waals surface area contributed by atoms with Crippen molar-refractivity contribution in [3.05, 3.63) is 59.6 Å². The molecule has 2 N–H and O–H groups in total. The molecule has 12 heteroatoms. The first-order valence-electron chi connectivity index (χ1n) is 9.83. The highest BCUT2D eigenvalue weighted by molar-refractivity contribution is 5.98. The van der Waals surface area contributed by atoms with Crippen LogP contribution in [0.3, 0.4) is 0 Å². The van der Waals surface area contributed by atoms with Gasteiger partial charge in [0.1, 0.15) is 28.6 Å². The number of amides is 1. The molecule has 0 bridgehead atoms. The molecule has 1 atom stereocenters. The van der Waals surface area contributed by atoms with Gasteiger partial charge in [-0.15, -0.1) is 0 Å². The molecule has 3 aromatic heterocycles. The number of nitrogen functional groups attached to an aromatic ring is 1. The maximum Gasteiger partial charge on any atom is 0.418 e. The molecule has 1 aliphatic rings. The van der Waals surface area contributed by atoms with Crippen LogP contribution in [0.15, 0.2) is 36.9 Å². The maximum atomic E-state index is 14.9. The first-order chi connectivity index (χ1) is 15.6. The minimum absolute atomic E-state index is 0.0560. The summed E-state index contributed by atoms with van der Waals surface area (Å²) in [6, 6.07) is 2.62. The Labute approximate surface area is 183 Å². The van der Waals surface area contributed by atoms with E-state index in [2.05, 4.69) is 15.0 Å². The van der Waals surface area contributed by atoms with E-state index in [0.29, 0.717) is 17.2 Å². The molecule has 0 aliphatic carbocycles. The van der Waals surface area contributed by atoms with Crippen LogP contribution in [0, 0.1) is 5.82 Å². The average molecular weight is 460 g/mol. The SMILES string of the molecule is CN(C(=O)c1cc2c(cc1F)nc(N)c1cncn12)C1CCOc2cc(C(F)(F)F)cnc21. The van der Waals surface area contributed by atoms with Gasteiger partial charge >= 0.3 is 6.18 Å². The Morgan fingerprint density at radius 1 is 1.24 bits per heavy atom. The second-order valence-electron chi connectivity index (χ2n) is 7.64. The van der Waals surface area contributed by atoms with Crippen molar-refractivity contribution in [2.24, 2.45) is 0 Å². The zero-order chi connectivity index (χ0) is 23.5. The van der Waals surface area contributed by atoms with E-state index in [1.54, 1.807) is 4.40 Å². The summed E-state index contributed by atoms with van der Waals surface area (Å²) in [6.45, 7) is 0.0807. The number of carbonyl (C=O) groups excluding carboxylic acids is 1. The highest BCUT2D eigenvalue weighted by Gasteiger charge is 2.36. The number of fused-ring (bicyclic) bond motifs is 4. The number of hydrogen-bond acceptors (Lipinski definition) is 6. The molecule has 0 saturated heterocycles. The lowest BCUT2D eigenvalue weighted by atomic mass is 10.0. The number of carbonyl (C=O) groups is 1. The molecule has 33 heavy (non-hydrogen) atoms. The number of alkyl halides is 3. The van der Waals surface area contributed by atoms with E-state index in [1.807, 2.05) is 0 Å². The molecule has 0 saturated carbocycles. The number of hydrogen-bond donors (Lipinski definition) is 1. The van der Waals surface area contributed by atoms with Crippen molar-refractivity contribution in [1.29, 1.82) is 0 Å². The number of aromatic nitrogens is 4. The van der Waals surface area contributed by atoms with Crippen LogP contribution in [-0.2, 0) is 6.18 Å². The van der Waals surface area contributed by atoms with Crippen molar-refractivity contribution in [2.75, 3.05) is 19.4 Å². The lowest BCUT2D eigenvalue weighted by Gasteiger charge is -2.32. The predicted octanol–water partition coefficient (Wildman–Crippen LogP) is 3.61. The number of imidazole rings is 1. The molecule has 4 heterocycles. The Balaban J connectivity index is 1.54. The molecule has 1 aliphatic heterocycles. The van der Waals surface area contributed by atoms with E-state index in [-0.39, 0.29) is 41.4 Å². The van der Waals surface area contributed by atoms with Crippen LogP contribution in [0.4, 0.5) is 23.4 Å². The van der Waals surface area contributed by atoms with E-state index in [4.69, 9.17) is 10.5 Å². The summed E-state index contributed by atoms with van der Waals surface area (Å²) in [5, 5.41) is 0. The van der Waals surface area contributed by atoms with Crippen molar-refractivity contribution in [3.63, 3.8) is 0 Å². The van der Waals surface area contributed by atoms with Gasteiger partial charge < -0.3 is 15.4 Å². The summed E-state index contributed by atoms with van der Waals surface area (Å²) in [7, 11) is 1.44. The minimum atomic E-state index is -4.58. The Kier molecular flexibility index (Phi) is 4.62. The number of ether oxygens (including phenoxy) is 1.